The van der Waals surface area contributed by atoms with E-state index in [-0.39, 0.29) is 11.8 Å². The zero-order valence-electron chi connectivity index (χ0n) is 17.4. The van der Waals surface area contributed by atoms with Crippen molar-refractivity contribution in [3.63, 3.8) is 0 Å². The molecule has 0 spiro atoms. The van der Waals surface area contributed by atoms with Crippen molar-refractivity contribution in [1.29, 1.82) is 0 Å². The molecule has 4 bridgehead atoms. The van der Waals surface area contributed by atoms with Gasteiger partial charge in [-0.05, 0) is 75.5 Å². The molecule has 4 aliphatic carbocycles. The normalized spacial score (nSPS) is 30.6. The summed E-state index contributed by atoms with van der Waals surface area (Å²) in [6.45, 7) is 1.81. The summed E-state index contributed by atoms with van der Waals surface area (Å²) in [5.41, 5.74) is 0.235. The Labute approximate surface area is 179 Å². The van der Waals surface area contributed by atoms with Gasteiger partial charge in [0.1, 0.15) is 5.82 Å². The quantitative estimate of drug-likeness (QED) is 0.783. The Morgan fingerprint density at radius 2 is 1.77 bits per heavy atom. The van der Waals surface area contributed by atoms with Crippen LogP contribution in [0, 0.1) is 24.6 Å². The average molecular weight is 424 g/mol. The fourth-order valence-corrected chi connectivity index (χ4v) is 6.27. The number of carbonyl (C=O) groups excluding carboxylic acids is 2. The number of amides is 2. The van der Waals surface area contributed by atoms with E-state index in [2.05, 4.69) is 20.6 Å². The van der Waals surface area contributed by atoms with Gasteiger partial charge in [0.25, 0.3) is 5.91 Å². The first-order chi connectivity index (χ1) is 14.8. The number of aromatic nitrogens is 2. The van der Waals surface area contributed by atoms with Gasteiger partial charge in [-0.1, -0.05) is 6.07 Å². The van der Waals surface area contributed by atoms with E-state index in [4.69, 9.17) is 4.74 Å². The van der Waals surface area contributed by atoms with Crippen molar-refractivity contribution < 1.29 is 18.7 Å². The first kappa shape index (κ1) is 19.9. The Balaban J connectivity index is 1.32. The minimum atomic E-state index is -0.549. The molecule has 0 aliphatic heterocycles. The number of hydrogen-bond acceptors (Lipinski definition) is 5. The minimum Gasteiger partial charge on any atom is -0.390 e. The molecule has 2 unspecified atom stereocenters. The molecule has 1 aromatic carbocycles. The van der Waals surface area contributed by atoms with E-state index in [1.54, 1.807) is 12.3 Å². The van der Waals surface area contributed by atoms with Crippen LogP contribution in [0.4, 0.5) is 9.18 Å². The van der Waals surface area contributed by atoms with Crippen LogP contribution in [-0.2, 0) is 0 Å². The van der Waals surface area contributed by atoms with E-state index in [0.29, 0.717) is 23.8 Å². The zero-order valence-corrected chi connectivity index (χ0v) is 17.4. The van der Waals surface area contributed by atoms with Crippen LogP contribution >= 0.6 is 0 Å². The third-order valence-corrected chi connectivity index (χ3v) is 6.85. The van der Waals surface area contributed by atoms with Gasteiger partial charge < -0.3 is 15.4 Å². The monoisotopic (exact) mass is 424 g/mol. The number of nitrogens with one attached hydrogen (secondary N) is 2. The third-order valence-electron chi connectivity index (χ3n) is 6.85. The number of hydrogen-bond donors (Lipinski definition) is 2. The lowest BCUT2D eigenvalue weighted by atomic mass is 9.50. The number of aryl methyl sites for hydroxylation is 1. The predicted octanol–water partition coefficient (Wildman–Crippen LogP) is 3.53. The summed E-state index contributed by atoms with van der Waals surface area (Å²) >= 11 is 0. The smallest absolute Gasteiger partial charge is 0.390 e. The second-order valence-electron chi connectivity index (χ2n) is 9.50. The van der Waals surface area contributed by atoms with E-state index in [1.165, 1.54) is 24.4 Å². The Hall–Kier alpha value is -3.03. The SMILES string of the molecule is Cc1cnc(OC(=O)NC23CC4CC(C2)CC(NC(=O)c2cccc(F)c2)(C4)C3)cn1. The molecule has 4 aliphatic rings. The molecule has 2 N–H and O–H groups in total. The van der Waals surface area contributed by atoms with Gasteiger partial charge in [-0.25, -0.2) is 14.2 Å². The fourth-order valence-electron chi connectivity index (χ4n) is 6.27. The van der Waals surface area contributed by atoms with Gasteiger partial charge in [-0.3, -0.25) is 9.78 Å². The fraction of sp³-hybridized carbons (Fsp3) is 0.478. The molecule has 1 heterocycles. The highest BCUT2D eigenvalue weighted by atomic mass is 19.1. The van der Waals surface area contributed by atoms with Crippen LogP contribution in [0.2, 0.25) is 0 Å². The van der Waals surface area contributed by atoms with Crippen molar-refractivity contribution in [3.8, 4) is 5.88 Å². The third kappa shape index (κ3) is 3.98. The maximum absolute atomic E-state index is 13.6. The molecule has 4 saturated carbocycles. The highest BCUT2D eigenvalue weighted by Gasteiger charge is 2.59. The Kier molecular flexibility index (Phi) is 4.68. The van der Waals surface area contributed by atoms with Crippen LogP contribution in [0.25, 0.3) is 0 Å². The van der Waals surface area contributed by atoms with E-state index >= 15 is 0 Å². The molecule has 6 rings (SSSR count). The van der Waals surface area contributed by atoms with Crippen molar-refractivity contribution in [1.82, 2.24) is 20.6 Å². The van der Waals surface area contributed by atoms with Gasteiger partial charge in [0.15, 0.2) is 0 Å². The summed E-state index contributed by atoms with van der Waals surface area (Å²) in [7, 11) is 0. The van der Waals surface area contributed by atoms with Gasteiger partial charge in [-0.15, -0.1) is 0 Å². The molecule has 2 amide bonds. The largest absolute Gasteiger partial charge is 0.414 e. The van der Waals surface area contributed by atoms with Crippen molar-refractivity contribution in [2.75, 3.05) is 0 Å². The molecule has 2 atom stereocenters. The van der Waals surface area contributed by atoms with E-state index in [0.717, 1.165) is 37.8 Å². The molecule has 8 heteroatoms. The maximum Gasteiger partial charge on any atom is 0.414 e. The van der Waals surface area contributed by atoms with Crippen molar-refractivity contribution in [2.24, 2.45) is 11.8 Å². The van der Waals surface area contributed by atoms with Gasteiger partial charge in [0.2, 0.25) is 5.88 Å². The average Bonchev–Trinajstić information content (AvgIpc) is 2.68. The maximum atomic E-state index is 13.6. The van der Waals surface area contributed by atoms with Crippen molar-refractivity contribution in [2.45, 2.75) is 56.5 Å². The minimum absolute atomic E-state index is 0.155. The molecule has 7 nitrogen and oxygen atoms in total. The standard InChI is InChI=1S/C23H25FN4O3/c1-14-11-26-19(12-25-14)31-21(30)28-23-9-15-5-16(10-23)8-22(7-15,13-23)27-20(29)17-3-2-4-18(24)6-17/h2-4,6,11-12,15-16H,5,7-10,13H2,1H3,(H,27,29)(H,28,30). The summed E-state index contributed by atoms with van der Waals surface area (Å²) in [6.07, 6.45) is 7.68. The van der Waals surface area contributed by atoms with Crippen LogP contribution < -0.4 is 15.4 Å². The number of ether oxygens (including phenoxy) is 1. The van der Waals surface area contributed by atoms with Crippen LogP contribution in [0.1, 0.15) is 54.6 Å². The van der Waals surface area contributed by atoms with Crippen molar-refractivity contribution >= 4 is 12.0 Å². The first-order valence-electron chi connectivity index (χ1n) is 10.7. The van der Waals surface area contributed by atoms with Crippen LogP contribution in [-0.4, -0.2) is 33.0 Å². The second kappa shape index (κ2) is 7.28. The molecule has 31 heavy (non-hydrogen) atoms. The van der Waals surface area contributed by atoms with Crippen molar-refractivity contribution in [3.05, 3.63) is 53.7 Å². The summed E-state index contributed by atoms with van der Waals surface area (Å²) in [4.78, 5) is 33.7. The molecule has 0 radical (unpaired) electrons. The lowest BCUT2D eigenvalue weighted by Crippen LogP contribution is -2.70. The molecule has 0 saturated heterocycles. The van der Waals surface area contributed by atoms with Crippen LogP contribution in [0.15, 0.2) is 36.7 Å². The van der Waals surface area contributed by atoms with Gasteiger partial charge in [0, 0.05) is 16.6 Å². The van der Waals surface area contributed by atoms with Gasteiger partial charge in [0.05, 0.1) is 18.1 Å². The second-order valence-corrected chi connectivity index (χ2v) is 9.50. The lowest BCUT2D eigenvalue weighted by molar-refractivity contribution is -0.0449. The summed E-state index contributed by atoms with van der Waals surface area (Å²) in [5, 5.41) is 6.30. The Bertz CT molecular complexity index is 1010. The Morgan fingerprint density at radius 1 is 1.06 bits per heavy atom. The molecule has 162 valence electrons. The van der Waals surface area contributed by atoms with E-state index in [9.17, 15) is 14.0 Å². The molecular weight excluding hydrogens is 399 g/mol. The topological polar surface area (TPSA) is 93.2 Å². The van der Waals surface area contributed by atoms with Gasteiger partial charge >= 0.3 is 6.09 Å². The first-order valence-corrected chi connectivity index (χ1v) is 10.7. The molecule has 4 fully saturated rings. The highest BCUT2D eigenvalue weighted by molar-refractivity contribution is 5.94. The zero-order chi connectivity index (χ0) is 21.6. The van der Waals surface area contributed by atoms with Crippen LogP contribution in [0.5, 0.6) is 5.88 Å². The number of halogens is 1. The summed E-state index contributed by atoms with van der Waals surface area (Å²) in [5.74, 6) is 0.302. The number of carbonyl (C=O) groups is 2. The summed E-state index contributed by atoms with van der Waals surface area (Å²) in [6, 6.07) is 5.73. The molecular formula is C23H25FN4O3. The molecule has 1 aromatic heterocycles. The Morgan fingerprint density at radius 3 is 2.42 bits per heavy atom. The molecule has 2 aromatic rings. The number of nitrogens with zero attached hydrogens (tertiary/aromatic N) is 2. The van der Waals surface area contributed by atoms with Gasteiger partial charge in [-0.2, -0.15) is 0 Å². The number of rotatable bonds is 4. The van der Waals surface area contributed by atoms with Crippen LogP contribution in [0.3, 0.4) is 0 Å². The van der Waals surface area contributed by atoms with E-state index in [1.807, 2.05) is 6.92 Å². The predicted molar refractivity (Wildman–Crippen MR) is 110 cm³/mol. The number of benzene rings is 1. The lowest BCUT2D eigenvalue weighted by Gasteiger charge is -2.62. The van der Waals surface area contributed by atoms with E-state index < -0.39 is 23.0 Å². The summed E-state index contributed by atoms with van der Waals surface area (Å²) < 4.78 is 18.9. The highest BCUT2D eigenvalue weighted by Crippen LogP contribution is 2.57.